The number of hydrogen-bond donors (Lipinski definition) is 0. The molecule has 0 aliphatic carbocycles. The average molecular weight is 262 g/mol. The molecule has 1 aromatic rings. The van der Waals surface area contributed by atoms with Crippen LogP contribution < -0.4 is 4.90 Å². The number of anilines is 1. The Labute approximate surface area is 110 Å². The highest BCUT2D eigenvalue weighted by Gasteiger charge is 2.35. The van der Waals surface area contributed by atoms with Crippen molar-refractivity contribution in [3.63, 3.8) is 0 Å². The molecule has 0 saturated carbocycles. The number of carbonyl (C=O) groups is 2. The van der Waals surface area contributed by atoms with E-state index in [4.69, 9.17) is 0 Å². The van der Waals surface area contributed by atoms with Crippen LogP contribution in [0.1, 0.15) is 23.2 Å². The van der Waals surface area contributed by atoms with Crippen LogP contribution in [0.4, 0.5) is 10.1 Å². The van der Waals surface area contributed by atoms with E-state index in [-0.39, 0.29) is 11.9 Å². The van der Waals surface area contributed by atoms with Crippen molar-refractivity contribution in [2.75, 3.05) is 24.5 Å². The number of rotatable bonds is 2. The molecule has 2 saturated heterocycles. The van der Waals surface area contributed by atoms with Gasteiger partial charge in [-0.25, -0.2) is 4.39 Å². The van der Waals surface area contributed by atoms with Gasteiger partial charge in [0.05, 0.1) is 0 Å². The van der Waals surface area contributed by atoms with Crippen LogP contribution in [-0.4, -0.2) is 42.8 Å². The second-order valence-electron chi connectivity index (χ2n) is 5.09. The number of benzene rings is 1. The largest absolute Gasteiger partial charge is 0.368 e. The molecular weight excluding hydrogens is 247 g/mol. The monoisotopic (exact) mass is 262 g/mol. The molecule has 2 aliphatic heterocycles. The molecule has 0 spiro atoms. The lowest BCUT2D eigenvalue weighted by molar-refractivity contribution is -0.129. The fraction of sp³-hybridized carbons (Fsp3) is 0.429. The third-order valence-electron chi connectivity index (χ3n) is 3.90. The van der Waals surface area contributed by atoms with Crippen LogP contribution in [0, 0.1) is 5.82 Å². The van der Waals surface area contributed by atoms with Gasteiger partial charge in [-0.3, -0.25) is 9.59 Å². The molecule has 2 fully saturated rings. The Kier molecular flexibility index (Phi) is 2.97. The Bertz CT molecular complexity index is 532. The quantitative estimate of drug-likeness (QED) is 0.757. The summed E-state index contributed by atoms with van der Waals surface area (Å²) in [5.74, 6) is -0.179. The van der Waals surface area contributed by atoms with Gasteiger partial charge in [0.15, 0.2) is 0 Å². The molecule has 19 heavy (non-hydrogen) atoms. The van der Waals surface area contributed by atoms with Crippen molar-refractivity contribution in [1.29, 1.82) is 0 Å². The Hall–Kier alpha value is -1.91. The maximum absolute atomic E-state index is 13.4. The predicted octanol–water partition coefficient (Wildman–Crippen LogP) is 1.45. The summed E-state index contributed by atoms with van der Waals surface area (Å²) in [7, 11) is 0. The van der Waals surface area contributed by atoms with E-state index < -0.39 is 5.82 Å². The molecule has 1 atom stereocenters. The fourth-order valence-electron chi connectivity index (χ4n) is 2.95. The summed E-state index contributed by atoms with van der Waals surface area (Å²) in [6.07, 6.45) is 2.13. The highest BCUT2D eigenvalue weighted by molar-refractivity contribution is 5.80. The van der Waals surface area contributed by atoms with E-state index in [0.717, 1.165) is 12.1 Å². The number of amides is 1. The lowest BCUT2D eigenvalue weighted by Gasteiger charge is -2.38. The Balaban J connectivity index is 1.82. The second kappa shape index (κ2) is 4.64. The summed E-state index contributed by atoms with van der Waals surface area (Å²) >= 11 is 0. The molecule has 0 aromatic heterocycles. The first-order valence-electron chi connectivity index (χ1n) is 6.47. The van der Waals surface area contributed by atoms with Crippen LogP contribution in [0.3, 0.4) is 0 Å². The van der Waals surface area contributed by atoms with Gasteiger partial charge in [0.2, 0.25) is 5.91 Å². The smallest absolute Gasteiger partial charge is 0.223 e. The summed E-state index contributed by atoms with van der Waals surface area (Å²) in [5, 5.41) is 0. The topological polar surface area (TPSA) is 40.6 Å². The van der Waals surface area contributed by atoms with E-state index in [1.54, 1.807) is 6.07 Å². The number of carbonyl (C=O) groups excluding carboxylic acids is 2. The van der Waals surface area contributed by atoms with E-state index in [9.17, 15) is 14.0 Å². The molecular formula is C14H15FN2O2. The normalized spacial score (nSPS) is 22.6. The van der Waals surface area contributed by atoms with E-state index in [2.05, 4.69) is 4.90 Å². The maximum atomic E-state index is 13.4. The van der Waals surface area contributed by atoms with Crippen LogP contribution in [-0.2, 0) is 4.79 Å². The summed E-state index contributed by atoms with van der Waals surface area (Å²) in [6.45, 7) is 2.08. The van der Waals surface area contributed by atoms with Gasteiger partial charge in [0.1, 0.15) is 12.1 Å². The van der Waals surface area contributed by atoms with E-state index in [0.29, 0.717) is 37.9 Å². The molecule has 5 heteroatoms. The summed E-state index contributed by atoms with van der Waals surface area (Å²) in [6, 6.07) is 4.59. The van der Waals surface area contributed by atoms with Crippen LogP contribution in [0.15, 0.2) is 18.2 Å². The summed E-state index contributed by atoms with van der Waals surface area (Å²) in [4.78, 5) is 26.4. The summed E-state index contributed by atoms with van der Waals surface area (Å²) < 4.78 is 13.4. The minimum atomic E-state index is -0.399. The van der Waals surface area contributed by atoms with Crippen molar-refractivity contribution in [2.24, 2.45) is 0 Å². The third kappa shape index (κ3) is 2.20. The number of hydrogen-bond acceptors (Lipinski definition) is 3. The highest BCUT2D eigenvalue weighted by atomic mass is 19.1. The lowest BCUT2D eigenvalue weighted by atomic mass is 10.1. The van der Waals surface area contributed by atoms with Gasteiger partial charge >= 0.3 is 0 Å². The average Bonchev–Trinajstić information content (AvgIpc) is 2.79. The molecule has 4 nitrogen and oxygen atoms in total. The molecule has 2 heterocycles. The van der Waals surface area contributed by atoms with Crippen molar-refractivity contribution >= 4 is 17.9 Å². The predicted molar refractivity (Wildman–Crippen MR) is 68.7 cm³/mol. The molecule has 1 aromatic carbocycles. The first-order valence-corrected chi connectivity index (χ1v) is 6.47. The number of piperazine rings is 1. The van der Waals surface area contributed by atoms with E-state index in [1.165, 1.54) is 12.1 Å². The molecule has 3 rings (SSSR count). The van der Waals surface area contributed by atoms with Gasteiger partial charge in [-0.2, -0.15) is 0 Å². The van der Waals surface area contributed by atoms with E-state index in [1.807, 2.05) is 4.90 Å². The van der Waals surface area contributed by atoms with Crippen LogP contribution in [0.2, 0.25) is 0 Å². The van der Waals surface area contributed by atoms with Gasteiger partial charge in [-0.15, -0.1) is 0 Å². The van der Waals surface area contributed by atoms with Crippen molar-refractivity contribution in [2.45, 2.75) is 18.9 Å². The minimum absolute atomic E-state index is 0.220. The zero-order valence-electron chi connectivity index (χ0n) is 10.5. The third-order valence-corrected chi connectivity index (χ3v) is 3.90. The maximum Gasteiger partial charge on any atom is 0.223 e. The van der Waals surface area contributed by atoms with Gasteiger partial charge in [0, 0.05) is 43.3 Å². The number of nitrogens with zero attached hydrogens (tertiary/aromatic N) is 2. The molecule has 2 aliphatic rings. The zero-order chi connectivity index (χ0) is 13.4. The second-order valence-corrected chi connectivity index (χ2v) is 5.09. The highest BCUT2D eigenvalue weighted by Crippen LogP contribution is 2.27. The van der Waals surface area contributed by atoms with Crippen molar-refractivity contribution in [3.8, 4) is 0 Å². The molecule has 0 bridgehead atoms. The Morgan fingerprint density at radius 2 is 2.11 bits per heavy atom. The molecule has 0 radical (unpaired) electrons. The number of fused-ring (bicyclic) bond motifs is 1. The van der Waals surface area contributed by atoms with Crippen LogP contribution in [0.25, 0.3) is 0 Å². The van der Waals surface area contributed by atoms with E-state index >= 15 is 0 Å². The Morgan fingerprint density at radius 1 is 1.26 bits per heavy atom. The molecule has 100 valence electrons. The first-order chi connectivity index (χ1) is 9.17. The minimum Gasteiger partial charge on any atom is -0.368 e. The molecule has 0 N–H and O–H groups in total. The zero-order valence-corrected chi connectivity index (χ0v) is 10.5. The van der Waals surface area contributed by atoms with Gasteiger partial charge in [-0.1, -0.05) is 0 Å². The van der Waals surface area contributed by atoms with Gasteiger partial charge in [0.25, 0.3) is 0 Å². The van der Waals surface area contributed by atoms with Gasteiger partial charge < -0.3 is 9.80 Å². The Morgan fingerprint density at radius 3 is 2.89 bits per heavy atom. The summed E-state index contributed by atoms with van der Waals surface area (Å²) in [5.41, 5.74) is 1.07. The fourth-order valence-corrected chi connectivity index (χ4v) is 2.95. The lowest BCUT2D eigenvalue weighted by Crippen LogP contribution is -2.51. The van der Waals surface area contributed by atoms with Crippen molar-refractivity contribution in [1.82, 2.24) is 4.90 Å². The van der Waals surface area contributed by atoms with Crippen LogP contribution >= 0.6 is 0 Å². The van der Waals surface area contributed by atoms with Gasteiger partial charge in [-0.05, 0) is 24.6 Å². The number of halogens is 1. The standard InChI is InChI=1S/C14H15FN2O2/c15-11-5-10(9-18)6-13(7-11)16-3-4-17-12(8-16)1-2-14(17)19/h5-7,9,12H,1-4,8H2. The SMILES string of the molecule is O=Cc1cc(F)cc(N2CCN3C(=O)CCC3C2)c1. The molecule has 1 unspecified atom stereocenters. The molecule has 1 amide bonds. The first kappa shape index (κ1) is 12.1. The van der Waals surface area contributed by atoms with Crippen LogP contribution in [0.5, 0.6) is 0 Å². The number of aldehydes is 1. The van der Waals surface area contributed by atoms with Crippen molar-refractivity contribution in [3.05, 3.63) is 29.6 Å². The van der Waals surface area contributed by atoms with Crippen molar-refractivity contribution < 1.29 is 14.0 Å².